The van der Waals surface area contributed by atoms with Gasteiger partial charge in [0.05, 0.1) is 7.11 Å². The van der Waals surface area contributed by atoms with E-state index in [1.54, 1.807) is 7.11 Å². The summed E-state index contributed by atoms with van der Waals surface area (Å²) in [5.74, 6) is 0.879. The molecule has 1 aromatic rings. The van der Waals surface area contributed by atoms with Gasteiger partial charge in [-0.2, -0.15) is 0 Å². The Balaban J connectivity index is 2.01. The van der Waals surface area contributed by atoms with Gasteiger partial charge in [-0.15, -0.1) is 0 Å². The van der Waals surface area contributed by atoms with Crippen molar-refractivity contribution in [1.29, 1.82) is 0 Å². The zero-order valence-corrected chi connectivity index (χ0v) is 14.4. The first-order valence-corrected chi connectivity index (χ1v) is 8.55. The van der Waals surface area contributed by atoms with Crippen molar-refractivity contribution >= 4 is 17.5 Å². The molecular formula is C17H26ClN3O2. The molecule has 2 rings (SSSR count). The molecule has 1 saturated heterocycles. The third kappa shape index (κ3) is 5.37. The van der Waals surface area contributed by atoms with Gasteiger partial charge in [0.1, 0.15) is 5.75 Å². The second-order valence-electron chi connectivity index (χ2n) is 5.92. The van der Waals surface area contributed by atoms with E-state index in [1.807, 2.05) is 18.2 Å². The van der Waals surface area contributed by atoms with Gasteiger partial charge in [-0.1, -0.05) is 18.0 Å². The lowest BCUT2D eigenvalue weighted by atomic mass is 10.0. The maximum absolute atomic E-state index is 11.6. The second kappa shape index (κ2) is 9.11. The van der Waals surface area contributed by atoms with Crippen LogP contribution >= 0.6 is 11.6 Å². The zero-order chi connectivity index (χ0) is 16.7. The largest absolute Gasteiger partial charge is 0.496 e. The van der Waals surface area contributed by atoms with Crippen molar-refractivity contribution in [3.8, 4) is 5.75 Å². The molecule has 1 fully saturated rings. The van der Waals surface area contributed by atoms with E-state index in [-0.39, 0.29) is 5.91 Å². The first-order valence-electron chi connectivity index (χ1n) is 8.17. The highest BCUT2D eigenvalue weighted by Gasteiger charge is 2.23. The number of likely N-dealkylation sites (tertiary alicyclic amines) is 1. The summed E-state index contributed by atoms with van der Waals surface area (Å²) in [5.41, 5.74) is 6.50. The summed E-state index contributed by atoms with van der Waals surface area (Å²) in [6, 6.07) is 6.04. The number of nitrogens with two attached hydrogens (primary N) is 1. The van der Waals surface area contributed by atoms with Gasteiger partial charge < -0.3 is 15.8 Å². The normalized spacial score (nSPS) is 18.7. The number of ether oxygens (including phenoxy) is 1. The number of rotatable bonds is 7. The Morgan fingerprint density at radius 1 is 1.48 bits per heavy atom. The molecule has 0 radical (unpaired) electrons. The first-order chi connectivity index (χ1) is 11.1. The molecule has 0 aliphatic carbocycles. The number of benzene rings is 1. The van der Waals surface area contributed by atoms with Crippen LogP contribution in [0.4, 0.5) is 0 Å². The van der Waals surface area contributed by atoms with Crippen LogP contribution in [0.5, 0.6) is 5.75 Å². The van der Waals surface area contributed by atoms with Gasteiger partial charge in [-0.25, -0.2) is 0 Å². The van der Waals surface area contributed by atoms with Crippen LogP contribution in [0, 0.1) is 0 Å². The van der Waals surface area contributed by atoms with E-state index < -0.39 is 0 Å². The molecule has 0 aromatic heterocycles. The number of carbonyl (C=O) groups excluding carboxylic acids is 1. The molecule has 1 amide bonds. The van der Waals surface area contributed by atoms with Gasteiger partial charge in [0.25, 0.3) is 0 Å². The van der Waals surface area contributed by atoms with Crippen LogP contribution in [0.2, 0.25) is 5.02 Å². The lowest BCUT2D eigenvalue weighted by Crippen LogP contribution is -2.46. The molecule has 1 aliphatic rings. The van der Waals surface area contributed by atoms with E-state index in [0.717, 1.165) is 30.8 Å². The lowest BCUT2D eigenvalue weighted by Gasteiger charge is -2.36. The summed E-state index contributed by atoms with van der Waals surface area (Å²) in [6.07, 6.45) is 3.84. The molecule has 6 heteroatoms. The molecule has 23 heavy (non-hydrogen) atoms. The second-order valence-corrected chi connectivity index (χ2v) is 6.36. The van der Waals surface area contributed by atoms with Crippen LogP contribution in [0.25, 0.3) is 0 Å². The fourth-order valence-electron chi connectivity index (χ4n) is 3.04. The summed E-state index contributed by atoms with van der Waals surface area (Å²) >= 11 is 6.12. The van der Waals surface area contributed by atoms with E-state index in [0.29, 0.717) is 30.6 Å². The summed E-state index contributed by atoms with van der Waals surface area (Å²) in [7, 11) is 1.67. The number of methoxy groups -OCH3 is 1. The van der Waals surface area contributed by atoms with Crippen molar-refractivity contribution in [3.63, 3.8) is 0 Å². The van der Waals surface area contributed by atoms with Crippen LogP contribution in [0.1, 0.15) is 31.2 Å². The van der Waals surface area contributed by atoms with Gasteiger partial charge in [-0.3, -0.25) is 9.69 Å². The molecule has 0 bridgehead atoms. The van der Waals surface area contributed by atoms with Crippen molar-refractivity contribution in [2.24, 2.45) is 5.73 Å². The number of piperidine rings is 1. The zero-order valence-electron chi connectivity index (χ0n) is 13.7. The highest BCUT2D eigenvalue weighted by atomic mass is 35.5. The number of nitrogens with zero attached hydrogens (tertiary/aromatic N) is 1. The minimum Gasteiger partial charge on any atom is -0.496 e. The smallest absolute Gasteiger partial charge is 0.221 e. The number of halogens is 1. The van der Waals surface area contributed by atoms with Crippen molar-refractivity contribution in [3.05, 3.63) is 28.8 Å². The molecule has 3 N–H and O–H groups in total. The fourth-order valence-corrected chi connectivity index (χ4v) is 3.23. The Hall–Kier alpha value is -1.30. The standard InChI is InChI=1S/C17H26ClN3O2/c1-23-16-6-5-14(18)10-13(16)12-21-9-3-2-4-15(21)11-20-17(22)7-8-19/h5-6,10,15H,2-4,7-9,11-12,19H2,1H3,(H,20,22). The molecule has 0 spiro atoms. The topological polar surface area (TPSA) is 67.6 Å². The van der Waals surface area contributed by atoms with Gasteiger partial charge >= 0.3 is 0 Å². The van der Waals surface area contributed by atoms with E-state index in [2.05, 4.69) is 10.2 Å². The van der Waals surface area contributed by atoms with Crippen molar-refractivity contribution in [1.82, 2.24) is 10.2 Å². The number of amides is 1. The number of nitrogens with one attached hydrogen (secondary N) is 1. The summed E-state index contributed by atoms with van der Waals surface area (Å²) in [6.45, 7) is 2.86. The summed E-state index contributed by atoms with van der Waals surface area (Å²) < 4.78 is 5.44. The van der Waals surface area contributed by atoms with Crippen LogP contribution < -0.4 is 15.8 Å². The molecule has 1 atom stereocenters. The van der Waals surface area contributed by atoms with Crippen LogP contribution in [-0.2, 0) is 11.3 Å². The average Bonchev–Trinajstić information content (AvgIpc) is 2.54. The quantitative estimate of drug-likeness (QED) is 0.799. The molecule has 1 aromatic carbocycles. The van der Waals surface area contributed by atoms with Crippen molar-refractivity contribution < 1.29 is 9.53 Å². The van der Waals surface area contributed by atoms with Crippen LogP contribution in [0.3, 0.4) is 0 Å². The number of hydrogen-bond donors (Lipinski definition) is 2. The Labute approximate surface area is 143 Å². The highest BCUT2D eigenvalue weighted by molar-refractivity contribution is 6.30. The van der Waals surface area contributed by atoms with Gasteiger partial charge in [-0.05, 0) is 37.6 Å². The monoisotopic (exact) mass is 339 g/mol. The van der Waals surface area contributed by atoms with Gasteiger partial charge in [0, 0.05) is 42.7 Å². The molecule has 1 unspecified atom stereocenters. The lowest BCUT2D eigenvalue weighted by molar-refractivity contribution is -0.121. The minimum atomic E-state index is 0.0263. The van der Waals surface area contributed by atoms with Crippen LogP contribution in [0.15, 0.2) is 18.2 Å². The Kier molecular flexibility index (Phi) is 7.15. The number of hydrogen-bond acceptors (Lipinski definition) is 4. The minimum absolute atomic E-state index is 0.0263. The number of carbonyl (C=O) groups is 1. The SMILES string of the molecule is COc1ccc(Cl)cc1CN1CCCCC1CNC(=O)CCN. The maximum Gasteiger partial charge on any atom is 0.221 e. The molecule has 5 nitrogen and oxygen atoms in total. The van der Waals surface area contributed by atoms with Crippen molar-refractivity contribution in [2.45, 2.75) is 38.3 Å². The summed E-state index contributed by atoms with van der Waals surface area (Å²) in [4.78, 5) is 14.1. The van der Waals surface area contributed by atoms with Gasteiger partial charge in [0.2, 0.25) is 5.91 Å². The van der Waals surface area contributed by atoms with E-state index in [1.165, 1.54) is 12.8 Å². The van der Waals surface area contributed by atoms with Crippen molar-refractivity contribution in [2.75, 3.05) is 26.7 Å². The Morgan fingerprint density at radius 3 is 3.04 bits per heavy atom. The van der Waals surface area contributed by atoms with E-state index in [9.17, 15) is 4.79 Å². The third-order valence-corrected chi connectivity index (χ3v) is 4.51. The summed E-state index contributed by atoms with van der Waals surface area (Å²) in [5, 5.41) is 3.70. The average molecular weight is 340 g/mol. The predicted molar refractivity (Wildman–Crippen MR) is 92.7 cm³/mol. The molecular weight excluding hydrogens is 314 g/mol. The first kappa shape index (κ1) is 18.0. The fraction of sp³-hybridized carbons (Fsp3) is 0.588. The Morgan fingerprint density at radius 2 is 2.30 bits per heavy atom. The molecule has 0 saturated carbocycles. The molecule has 128 valence electrons. The van der Waals surface area contributed by atoms with E-state index >= 15 is 0 Å². The molecule has 1 aliphatic heterocycles. The Bertz CT molecular complexity index is 525. The van der Waals surface area contributed by atoms with Gasteiger partial charge in [0.15, 0.2) is 0 Å². The highest BCUT2D eigenvalue weighted by Crippen LogP contribution is 2.27. The molecule has 1 heterocycles. The third-order valence-electron chi connectivity index (χ3n) is 4.27. The van der Waals surface area contributed by atoms with Crippen LogP contribution in [-0.4, -0.2) is 43.6 Å². The van der Waals surface area contributed by atoms with E-state index in [4.69, 9.17) is 22.1 Å². The predicted octanol–water partition coefficient (Wildman–Crippen LogP) is 2.17. The maximum atomic E-state index is 11.6.